The van der Waals surface area contributed by atoms with Crippen LogP contribution in [0.3, 0.4) is 0 Å². The maximum Gasteiger partial charge on any atom is 0.306 e. The minimum Gasteiger partial charge on any atom is -0.462 e. The summed E-state index contributed by atoms with van der Waals surface area (Å²) in [5.74, 6) is -0.482. The van der Waals surface area contributed by atoms with Gasteiger partial charge in [-0.25, -0.2) is 0 Å². The molecule has 3 unspecified atom stereocenters. The Balaban J connectivity index is 4.55. The number of hydrogen-bond donors (Lipinski definition) is 3. The molecule has 0 aromatic rings. The lowest BCUT2D eigenvalue weighted by Crippen LogP contribution is -2.46. The molecule has 0 saturated carbocycles. The molecule has 0 radical (unpaired) electrons. The van der Waals surface area contributed by atoms with Crippen molar-refractivity contribution in [3.05, 3.63) is 36.5 Å². The highest BCUT2D eigenvalue weighted by atomic mass is 16.5. The Morgan fingerprint density at radius 1 is 0.536 bits per heavy atom. The lowest BCUT2D eigenvalue weighted by atomic mass is 10.0. The van der Waals surface area contributed by atoms with Gasteiger partial charge >= 0.3 is 5.97 Å². The molecule has 0 aromatic heterocycles. The van der Waals surface area contributed by atoms with Crippen LogP contribution in [0.2, 0.25) is 0 Å². The Bertz CT molecular complexity index is 930. The number of unbranched alkanes of at least 4 members (excludes halogenated alkanes) is 25. The highest BCUT2D eigenvalue weighted by Gasteiger charge is 2.24. The van der Waals surface area contributed by atoms with E-state index in [9.17, 15) is 19.8 Å². The van der Waals surface area contributed by atoms with Gasteiger partial charge in [0.05, 0.1) is 25.2 Å². The summed E-state index contributed by atoms with van der Waals surface area (Å²) in [6.07, 6.45) is 50.6. The highest BCUT2D eigenvalue weighted by Crippen LogP contribution is 2.18. The first kappa shape index (κ1) is 54.1. The third kappa shape index (κ3) is 38.9. The Labute approximate surface area is 347 Å². The predicted molar refractivity (Wildman–Crippen MR) is 241 cm³/mol. The van der Waals surface area contributed by atoms with Gasteiger partial charge in [0.25, 0.3) is 0 Å². The zero-order valence-corrected chi connectivity index (χ0v) is 37.3. The van der Waals surface area contributed by atoms with Crippen molar-refractivity contribution in [1.29, 1.82) is 0 Å². The molecule has 0 aliphatic rings. The van der Waals surface area contributed by atoms with E-state index >= 15 is 0 Å². The van der Waals surface area contributed by atoms with E-state index in [0.29, 0.717) is 19.3 Å². The van der Waals surface area contributed by atoms with E-state index in [1.54, 1.807) is 0 Å². The fourth-order valence-electron chi connectivity index (χ4n) is 7.33. The van der Waals surface area contributed by atoms with Gasteiger partial charge in [-0.2, -0.15) is 0 Å². The molecule has 0 bridgehead atoms. The van der Waals surface area contributed by atoms with Gasteiger partial charge in [0, 0.05) is 6.42 Å². The van der Waals surface area contributed by atoms with Gasteiger partial charge < -0.3 is 20.3 Å². The quantitative estimate of drug-likeness (QED) is 0.0325. The molecule has 328 valence electrons. The zero-order valence-electron chi connectivity index (χ0n) is 37.3. The Morgan fingerprint density at radius 2 is 0.964 bits per heavy atom. The normalized spacial score (nSPS) is 13.6. The average Bonchev–Trinajstić information content (AvgIpc) is 3.19. The van der Waals surface area contributed by atoms with Crippen LogP contribution in [0.4, 0.5) is 0 Å². The lowest BCUT2D eigenvalue weighted by Gasteiger charge is -2.24. The highest BCUT2D eigenvalue weighted by molar-refractivity contribution is 5.77. The number of ether oxygens (including phenoxy) is 1. The summed E-state index contributed by atoms with van der Waals surface area (Å²) in [7, 11) is 0. The number of carbonyl (C=O) groups excluding carboxylic acids is 2. The number of hydrogen-bond acceptors (Lipinski definition) is 5. The van der Waals surface area contributed by atoms with Crippen LogP contribution in [-0.2, 0) is 14.3 Å². The summed E-state index contributed by atoms with van der Waals surface area (Å²) in [6.45, 7) is 6.35. The first-order valence-corrected chi connectivity index (χ1v) is 24.2. The molecule has 0 rings (SSSR count). The van der Waals surface area contributed by atoms with Crippen LogP contribution in [0.15, 0.2) is 36.5 Å². The number of nitrogens with one attached hydrogen (secondary N) is 1. The first-order chi connectivity index (χ1) is 27.5. The van der Waals surface area contributed by atoms with Crippen molar-refractivity contribution in [3.63, 3.8) is 0 Å². The molecule has 3 N–H and O–H groups in total. The van der Waals surface area contributed by atoms with E-state index in [1.807, 2.05) is 0 Å². The second kappa shape index (κ2) is 44.2. The molecule has 56 heavy (non-hydrogen) atoms. The van der Waals surface area contributed by atoms with Gasteiger partial charge in [-0.05, 0) is 57.8 Å². The number of carbonyl (C=O) groups is 2. The molecule has 0 aliphatic heterocycles. The molecule has 0 spiro atoms. The molecule has 0 fully saturated rings. The van der Waals surface area contributed by atoms with Crippen molar-refractivity contribution in [2.45, 2.75) is 264 Å². The van der Waals surface area contributed by atoms with Gasteiger partial charge in [0.15, 0.2) is 0 Å². The van der Waals surface area contributed by atoms with Crippen molar-refractivity contribution in [1.82, 2.24) is 5.32 Å². The number of aliphatic hydroxyl groups is 2. The van der Waals surface area contributed by atoms with Gasteiger partial charge in [-0.15, -0.1) is 0 Å². The monoisotopic (exact) mass is 788 g/mol. The second-order valence-electron chi connectivity index (χ2n) is 16.5. The van der Waals surface area contributed by atoms with Crippen LogP contribution in [-0.4, -0.2) is 46.9 Å². The second-order valence-corrected chi connectivity index (χ2v) is 16.5. The van der Waals surface area contributed by atoms with Crippen molar-refractivity contribution in [3.8, 4) is 0 Å². The Kier molecular flexibility index (Phi) is 42.7. The summed E-state index contributed by atoms with van der Waals surface area (Å²) < 4.78 is 5.91. The fourth-order valence-corrected chi connectivity index (χ4v) is 7.33. The number of rotatable bonds is 43. The summed E-state index contributed by atoms with van der Waals surface area (Å²) >= 11 is 0. The smallest absolute Gasteiger partial charge is 0.306 e. The van der Waals surface area contributed by atoms with Crippen LogP contribution < -0.4 is 5.32 Å². The van der Waals surface area contributed by atoms with Gasteiger partial charge in [-0.1, -0.05) is 211 Å². The van der Waals surface area contributed by atoms with Crippen LogP contribution in [0, 0.1) is 0 Å². The maximum absolute atomic E-state index is 13.1. The topological polar surface area (TPSA) is 95.9 Å². The number of amides is 1. The molecule has 0 saturated heterocycles. The number of esters is 1. The van der Waals surface area contributed by atoms with Crippen LogP contribution in [0.1, 0.15) is 245 Å². The van der Waals surface area contributed by atoms with E-state index in [-0.39, 0.29) is 24.9 Å². The third-order valence-electron chi connectivity index (χ3n) is 11.0. The zero-order chi connectivity index (χ0) is 41.0. The fraction of sp³-hybridized carbons (Fsp3) is 0.840. The summed E-state index contributed by atoms with van der Waals surface area (Å²) in [5, 5.41) is 23.6. The molecule has 1 amide bonds. The minimum atomic E-state index is -0.785. The largest absolute Gasteiger partial charge is 0.462 e. The van der Waals surface area contributed by atoms with Gasteiger partial charge in [0.2, 0.25) is 5.91 Å². The molecular weight excluding hydrogens is 695 g/mol. The van der Waals surface area contributed by atoms with Crippen LogP contribution >= 0.6 is 0 Å². The molecule has 3 atom stereocenters. The van der Waals surface area contributed by atoms with E-state index < -0.39 is 18.2 Å². The van der Waals surface area contributed by atoms with E-state index in [0.717, 1.165) is 77.0 Å². The molecule has 0 aromatic carbocycles. The van der Waals surface area contributed by atoms with E-state index in [4.69, 9.17) is 4.74 Å². The Hall–Kier alpha value is -1.92. The average molecular weight is 788 g/mol. The molecular formula is C50H93NO5. The van der Waals surface area contributed by atoms with Crippen LogP contribution in [0.5, 0.6) is 0 Å². The maximum atomic E-state index is 13.1. The van der Waals surface area contributed by atoms with Gasteiger partial charge in [-0.3, -0.25) is 9.59 Å². The predicted octanol–water partition coefficient (Wildman–Crippen LogP) is 14.1. The SMILES string of the molecule is CC/C=C/C/C=C/C/C=C/CCCCCCCCC(=O)OC(CCCCCCCCCCCCC)CC(=O)NC(CO)C(O)CCCCCCCCCCCC. The lowest BCUT2D eigenvalue weighted by molar-refractivity contribution is -0.151. The number of aliphatic hydroxyl groups excluding tert-OH is 2. The van der Waals surface area contributed by atoms with E-state index in [1.165, 1.54) is 122 Å². The van der Waals surface area contributed by atoms with Gasteiger partial charge in [0.1, 0.15) is 6.10 Å². The number of allylic oxidation sites excluding steroid dienone is 6. The van der Waals surface area contributed by atoms with Crippen LogP contribution in [0.25, 0.3) is 0 Å². The molecule has 0 aliphatic carbocycles. The molecule has 0 heterocycles. The third-order valence-corrected chi connectivity index (χ3v) is 11.0. The summed E-state index contributed by atoms with van der Waals surface area (Å²) in [4.78, 5) is 26.0. The van der Waals surface area contributed by atoms with Crippen molar-refractivity contribution in [2.75, 3.05) is 6.61 Å². The first-order valence-electron chi connectivity index (χ1n) is 24.2. The molecule has 6 heteroatoms. The van der Waals surface area contributed by atoms with Crippen molar-refractivity contribution >= 4 is 11.9 Å². The summed E-state index contributed by atoms with van der Waals surface area (Å²) in [6, 6.07) is -0.699. The van der Waals surface area contributed by atoms with Crippen molar-refractivity contribution in [2.24, 2.45) is 0 Å². The molecule has 6 nitrogen and oxygen atoms in total. The van der Waals surface area contributed by atoms with E-state index in [2.05, 4.69) is 62.5 Å². The summed E-state index contributed by atoms with van der Waals surface area (Å²) in [5.41, 5.74) is 0. The Morgan fingerprint density at radius 3 is 1.46 bits per heavy atom. The minimum absolute atomic E-state index is 0.0754. The standard InChI is InChI=1S/C50H93NO5/c1-4-7-10-13-16-19-22-23-24-25-26-28-31-34-37-40-43-50(55)56-46(41-38-35-32-29-27-20-17-14-11-8-5-2)44-49(54)51-47(45-52)48(53)42-39-36-33-30-21-18-15-12-9-6-3/h7,10,16,19,23-24,46-48,52-53H,4-6,8-9,11-15,17-18,20-22,25-45H2,1-3H3,(H,51,54)/b10-7+,19-16+,24-23+. The van der Waals surface area contributed by atoms with Crippen molar-refractivity contribution < 1.29 is 24.5 Å².